The van der Waals surface area contributed by atoms with Crippen LogP contribution in [0.15, 0.2) is 30.3 Å². The predicted molar refractivity (Wildman–Crippen MR) is 93.7 cm³/mol. The highest BCUT2D eigenvalue weighted by Gasteiger charge is 2.31. The van der Waals surface area contributed by atoms with Crippen molar-refractivity contribution in [3.05, 3.63) is 35.9 Å². The third-order valence-electron chi connectivity index (χ3n) is 4.41. The lowest BCUT2D eigenvalue weighted by Crippen LogP contribution is -2.31. The van der Waals surface area contributed by atoms with Gasteiger partial charge in [-0.05, 0) is 17.7 Å². The first kappa shape index (κ1) is 16.2. The number of nitrogens with one attached hydrogen (secondary N) is 1. The SMILES string of the molecule is CN1C[C@H](C(=O)NCc2cc(N(C)C)nc3ccccc23)CC1=O. The summed E-state index contributed by atoms with van der Waals surface area (Å²) in [6, 6.07) is 9.90. The highest BCUT2D eigenvalue weighted by atomic mass is 16.2. The van der Waals surface area contributed by atoms with E-state index in [-0.39, 0.29) is 17.7 Å². The Morgan fingerprint density at radius 2 is 2.12 bits per heavy atom. The van der Waals surface area contributed by atoms with Crippen LogP contribution in [0.3, 0.4) is 0 Å². The number of fused-ring (bicyclic) bond motifs is 1. The number of carbonyl (C=O) groups excluding carboxylic acids is 2. The number of hydrogen-bond acceptors (Lipinski definition) is 4. The summed E-state index contributed by atoms with van der Waals surface area (Å²) in [6.07, 6.45) is 0.294. The zero-order valence-electron chi connectivity index (χ0n) is 14.2. The van der Waals surface area contributed by atoms with Crippen LogP contribution >= 0.6 is 0 Å². The zero-order valence-corrected chi connectivity index (χ0v) is 14.2. The van der Waals surface area contributed by atoms with Gasteiger partial charge in [-0.2, -0.15) is 0 Å². The minimum absolute atomic E-state index is 0.0272. The van der Waals surface area contributed by atoms with Crippen LogP contribution in [0.25, 0.3) is 10.9 Å². The molecule has 0 bridgehead atoms. The fourth-order valence-corrected chi connectivity index (χ4v) is 2.97. The number of rotatable bonds is 4. The number of para-hydroxylation sites is 1. The molecule has 0 unspecified atom stereocenters. The smallest absolute Gasteiger partial charge is 0.225 e. The highest BCUT2D eigenvalue weighted by Crippen LogP contribution is 2.22. The van der Waals surface area contributed by atoms with Crippen molar-refractivity contribution in [1.82, 2.24) is 15.2 Å². The van der Waals surface area contributed by atoms with E-state index in [9.17, 15) is 9.59 Å². The van der Waals surface area contributed by atoms with Gasteiger partial charge in [-0.15, -0.1) is 0 Å². The molecule has 1 aliphatic heterocycles. The van der Waals surface area contributed by atoms with E-state index >= 15 is 0 Å². The van der Waals surface area contributed by atoms with Gasteiger partial charge >= 0.3 is 0 Å². The molecule has 0 radical (unpaired) electrons. The number of benzene rings is 1. The summed E-state index contributed by atoms with van der Waals surface area (Å²) in [7, 11) is 5.62. The second kappa shape index (κ2) is 6.47. The van der Waals surface area contributed by atoms with Crippen molar-refractivity contribution < 1.29 is 9.59 Å². The van der Waals surface area contributed by atoms with E-state index in [1.165, 1.54) is 0 Å². The fourth-order valence-electron chi connectivity index (χ4n) is 2.97. The molecule has 0 aliphatic carbocycles. The van der Waals surface area contributed by atoms with Gasteiger partial charge in [0, 0.05) is 46.0 Å². The average molecular weight is 326 g/mol. The molecule has 1 aromatic heterocycles. The molecule has 6 nitrogen and oxygen atoms in total. The van der Waals surface area contributed by atoms with E-state index in [1.54, 1.807) is 11.9 Å². The molecular weight excluding hydrogens is 304 g/mol. The minimum atomic E-state index is -0.260. The summed E-state index contributed by atoms with van der Waals surface area (Å²) in [5, 5.41) is 4.01. The predicted octanol–water partition coefficient (Wildman–Crippen LogP) is 1.40. The monoisotopic (exact) mass is 326 g/mol. The molecule has 126 valence electrons. The number of aromatic nitrogens is 1. The first-order valence-electron chi connectivity index (χ1n) is 8.03. The summed E-state index contributed by atoms with van der Waals surface area (Å²) in [4.78, 5) is 32.1. The molecule has 0 saturated carbocycles. The molecular formula is C18H22N4O2. The number of hydrogen-bond donors (Lipinski definition) is 1. The van der Waals surface area contributed by atoms with E-state index in [0.717, 1.165) is 22.3 Å². The first-order chi connectivity index (χ1) is 11.5. The van der Waals surface area contributed by atoms with E-state index in [0.29, 0.717) is 19.5 Å². The molecule has 1 atom stereocenters. The fraction of sp³-hybridized carbons (Fsp3) is 0.389. The van der Waals surface area contributed by atoms with Gasteiger partial charge < -0.3 is 15.1 Å². The van der Waals surface area contributed by atoms with E-state index < -0.39 is 0 Å². The Balaban J connectivity index is 1.79. The van der Waals surface area contributed by atoms with E-state index in [2.05, 4.69) is 10.3 Å². The number of likely N-dealkylation sites (tertiary alicyclic amines) is 1. The standard InChI is InChI=1S/C18H22N4O2/c1-21(2)16-8-12(14-6-4-5-7-15(14)20-16)10-19-18(24)13-9-17(23)22(3)11-13/h4-8,13H,9-11H2,1-3H3,(H,19,24)/t13-/m1/s1. The minimum Gasteiger partial charge on any atom is -0.363 e. The van der Waals surface area contributed by atoms with Crippen molar-refractivity contribution in [3.8, 4) is 0 Å². The normalized spacial score (nSPS) is 17.4. The van der Waals surface area contributed by atoms with Crippen molar-refractivity contribution in [2.75, 3.05) is 32.6 Å². The van der Waals surface area contributed by atoms with Crippen molar-refractivity contribution >= 4 is 28.5 Å². The second-order valence-electron chi connectivity index (χ2n) is 6.44. The van der Waals surface area contributed by atoms with Crippen LogP contribution in [-0.2, 0) is 16.1 Å². The number of pyridine rings is 1. The number of nitrogens with zero attached hydrogens (tertiary/aromatic N) is 3. The third kappa shape index (κ3) is 3.18. The van der Waals surface area contributed by atoms with Crippen molar-refractivity contribution in [1.29, 1.82) is 0 Å². The van der Waals surface area contributed by atoms with Crippen LogP contribution in [0, 0.1) is 5.92 Å². The lowest BCUT2D eigenvalue weighted by molar-refractivity contribution is -0.128. The van der Waals surface area contributed by atoms with Crippen LogP contribution in [0.1, 0.15) is 12.0 Å². The van der Waals surface area contributed by atoms with Crippen LogP contribution in [0.4, 0.5) is 5.82 Å². The molecule has 3 rings (SSSR count). The largest absolute Gasteiger partial charge is 0.363 e. The van der Waals surface area contributed by atoms with Gasteiger partial charge in [-0.1, -0.05) is 18.2 Å². The molecule has 1 fully saturated rings. The Morgan fingerprint density at radius 1 is 1.38 bits per heavy atom. The maximum atomic E-state index is 12.3. The molecule has 2 amide bonds. The summed E-state index contributed by atoms with van der Waals surface area (Å²) >= 11 is 0. The molecule has 1 aliphatic rings. The Bertz CT molecular complexity index is 788. The molecule has 1 N–H and O–H groups in total. The lowest BCUT2D eigenvalue weighted by atomic mass is 10.1. The molecule has 6 heteroatoms. The van der Waals surface area contributed by atoms with E-state index in [1.807, 2.05) is 49.3 Å². The molecule has 1 aromatic carbocycles. The third-order valence-corrected chi connectivity index (χ3v) is 4.41. The Morgan fingerprint density at radius 3 is 2.79 bits per heavy atom. The summed E-state index contributed by atoms with van der Waals surface area (Å²) in [6.45, 7) is 0.918. The van der Waals surface area contributed by atoms with Crippen LogP contribution < -0.4 is 10.2 Å². The summed E-state index contributed by atoms with van der Waals surface area (Å²) in [5.74, 6) is 0.553. The second-order valence-corrected chi connectivity index (χ2v) is 6.44. The molecule has 24 heavy (non-hydrogen) atoms. The summed E-state index contributed by atoms with van der Waals surface area (Å²) in [5.41, 5.74) is 1.93. The number of anilines is 1. The average Bonchev–Trinajstić information content (AvgIpc) is 2.91. The Kier molecular flexibility index (Phi) is 4.38. The number of amides is 2. The van der Waals surface area contributed by atoms with Gasteiger partial charge in [-0.3, -0.25) is 9.59 Å². The topological polar surface area (TPSA) is 65.5 Å². The van der Waals surface area contributed by atoms with Gasteiger partial charge in [-0.25, -0.2) is 4.98 Å². The zero-order chi connectivity index (χ0) is 17.3. The molecule has 2 heterocycles. The maximum Gasteiger partial charge on any atom is 0.225 e. The number of carbonyl (C=O) groups is 2. The van der Waals surface area contributed by atoms with Gasteiger partial charge in [0.25, 0.3) is 0 Å². The molecule has 2 aromatic rings. The highest BCUT2D eigenvalue weighted by molar-refractivity contribution is 5.89. The van der Waals surface area contributed by atoms with Crippen molar-refractivity contribution in [2.24, 2.45) is 5.92 Å². The van der Waals surface area contributed by atoms with Gasteiger partial charge in [0.1, 0.15) is 5.82 Å². The summed E-state index contributed by atoms with van der Waals surface area (Å²) < 4.78 is 0. The van der Waals surface area contributed by atoms with Gasteiger partial charge in [0.2, 0.25) is 11.8 Å². The molecule has 0 spiro atoms. The quantitative estimate of drug-likeness (QED) is 0.922. The van der Waals surface area contributed by atoms with Crippen molar-refractivity contribution in [2.45, 2.75) is 13.0 Å². The lowest BCUT2D eigenvalue weighted by Gasteiger charge is -2.16. The van der Waals surface area contributed by atoms with Crippen LogP contribution in [0.5, 0.6) is 0 Å². The van der Waals surface area contributed by atoms with E-state index in [4.69, 9.17) is 0 Å². The first-order valence-corrected chi connectivity index (χ1v) is 8.03. The van der Waals surface area contributed by atoms with Crippen molar-refractivity contribution in [3.63, 3.8) is 0 Å². The van der Waals surface area contributed by atoms with Gasteiger partial charge in [0.05, 0.1) is 11.4 Å². The molecule has 1 saturated heterocycles. The van der Waals surface area contributed by atoms with Crippen LogP contribution in [-0.4, -0.2) is 49.4 Å². The van der Waals surface area contributed by atoms with Crippen LogP contribution in [0.2, 0.25) is 0 Å². The Labute approximate surface area is 141 Å². The Hall–Kier alpha value is -2.63. The van der Waals surface area contributed by atoms with Gasteiger partial charge in [0.15, 0.2) is 0 Å². The maximum absolute atomic E-state index is 12.3.